The van der Waals surface area contributed by atoms with Crippen LogP contribution in [0.25, 0.3) is 0 Å². The molecule has 0 bridgehead atoms. The summed E-state index contributed by atoms with van der Waals surface area (Å²) < 4.78 is 0. The minimum atomic E-state index is -0.394. The van der Waals surface area contributed by atoms with Crippen molar-refractivity contribution in [2.75, 3.05) is 6.54 Å². The van der Waals surface area contributed by atoms with E-state index in [1.54, 1.807) is 11.8 Å². The molecule has 2 rings (SSSR count). The van der Waals surface area contributed by atoms with Crippen molar-refractivity contribution in [3.05, 3.63) is 35.4 Å². The number of benzene rings is 1. The first kappa shape index (κ1) is 11.1. The van der Waals surface area contributed by atoms with E-state index in [4.69, 9.17) is 0 Å². The lowest BCUT2D eigenvalue weighted by Gasteiger charge is -2.23. The monoisotopic (exact) mass is 219 g/mol. The van der Waals surface area contributed by atoms with Crippen molar-refractivity contribution < 1.29 is 9.90 Å². The molecule has 1 fully saturated rings. The van der Waals surface area contributed by atoms with Gasteiger partial charge in [-0.1, -0.05) is 29.8 Å². The van der Waals surface area contributed by atoms with Crippen LogP contribution in [0.4, 0.5) is 0 Å². The summed E-state index contributed by atoms with van der Waals surface area (Å²) in [6.07, 6.45) is 0.248. The zero-order valence-corrected chi connectivity index (χ0v) is 9.68. The molecule has 0 aliphatic carbocycles. The third-order valence-corrected chi connectivity index (χ3v) is 3.11. The average molecular weight is 219 g/mol. The Labute approximate surface area is 95.7 Å². The van der Waals surface area contributed by atoms with Crippen molar-refractivity contribution >= 4 is 5.91 Å². The van der Waals surface area contributed by atoms with Crippen LogP contribution in [0.15, 0.2) is 24.3 Å². The molecular formula is C13H17NO2. The molecule has 0 aromatic heterocycles. The zero-order chi connectivity index (χ0) is 11.7. The molecule has 1 saturated heterocycles. The van der Waals surface area contributed by atoms with E-state index < -0.39 is 6.10 Å². The minimum Gasteiger partial charge on any atom is -0.391 e. The van der Waals surface area contributed by atoms with Crippen LogP contribution >= 0.6 is 0 Å². The predicted molar refractivity (Wildman–Crippen MR) is 61.9 cm³/mol. The lowest BCUT2D eigenvalue weighted by atomic mass is 10.0. The van der Waals surface area contributed by atoms with Crippen LogP contribution in [0, 0.1) is 6.92 Å². The van der Waals surface area contributed by atoms with Crippen LogP contribution in [0.3, 0.4) is 0 Å². The molecule has 0 unspecified atom stereocenters. The third-order valence-electron chi connectivity index (χ3n) is 3.11. The van der Waals surface area contributed by atoms with Crippen molar-refractivity contribution in [3.8, 4) is 0 Å². The van der Waals surface area contributed by atoms with Gasteiger partial charge in [0, 0.05) is 13.5 Å². The minimum absolute atomic E-state index is 0.0306. The van der Waals surface area contributed by atoms with Crippen molar-refractivity contribution in [1.82, 2.24) is 4.90 Å². The smallest absolute Gasteiger partial charge is 0.220 e. The number of nitrogens with zero attached hydrogens (tertiary/aromatic N) is 1. The molecule has 2 atom stereocenters. The Kier molecular flexibility index (Phi) is 2.97. The van der Waals surface area contributed by atoms with Gasteiger partial charge in [-0.2, -0.15) is 0 Å². The summed E-state index contributed by atoms with van der Waals surface area (Å²) >= 11 is 0. The van der Waals surface area contributed by atoms with Crippen LogP contribution < -0.4 is 0 Å². The highest BCUT2D eigenvalue weighted by molar-refractivity contribution is 5.74. The molecule has 1 aromatic rings. The molecule has 3 nitrogen and oxygen atoms in total. The number of aliphatic hydroxyl groups excluding tert-OH is 1. The number of carbonyl (C=O) groups is 1. The molecule has 16 heavy (non-hydrogen) atoms. The third kappa shape index (κ3) is 2.09. The van der Waals surface area contributed by atoms with E-state index in [0.29, 0.717) is 13.0 Å². The second kappa shape index (κ2) is 4.26. The molecule has 0 saturated carbocycles. The number of likely N-dealkylation sites (tertiary alicyclic amines) is 1. The summed E-state index contributed by atoms with van der Waals surface area (Å²) in [6, 6.07) is 8.16. The topological polar surface area (TPSA) is 40.5 Å². The maximum absolute atomic E-state index is 11.5. The highest BCUT2D eigenvalue weighted by Gasteiger charge is 2.33. The lowest BCUT2D eigenvalue weighted by molar-refractivity contribution is -0.130. The molecule has 1 aromatic carbocycles. The van der Waals surface area contributed by atoms with Gasteiger partial charge in [0.25, 0.3) is 0 Å². The van der Waals surface area contributed by atoms with Gasteiger partial charge in [0.15, 0.2) is 0 Å². The number of aryl methyl sites for hydroxylation is 1. The SMILES string of the molecule is CC(=O)N1C[C@H](O)C[C@H]1c1cccc(C)c1. The second-order valence-electron chi connectivity index (χ2n) is 4.49. The van der Waals surface area contributed by atoms with Crippen LogP contribution in [0.2, 0.25) is 0 Å². The summed E-state index contributed by atoms with van der Waals surface area (Å²) in [6.45, 7) is 4.04. The van der Waals surface area contributed by atoms with E-state index in [1.165, 1.54) is 5.56 Å². The van der Waals surface area contributed by atoms with E-state index in [2.05, 4.69) is 6.07 Å². The standard InChI is InChI=1S/C13H17NO2/c1-9-4-3-5-11(6-9)13-7-12(16)8-14(13)10(2)15/h3-6,12-13,16H,7-8H2,1-2H3/t12-,13+/m1/s1. The predicted octanol–water partition coefficient (Wildman–Crippen LogP) is 1.65. The zero-order valence-electron chi connectivity index (χ0n) is 9.68. The molecule has 86 valence electrons. The molecule has 0 spiro atoms. The quantitative estimate of drug-likeness (QED) is 0.780. The number of carbonyl (C=O) groups excluding carboxylic acids is 1. The number of aliphatic hydroxyl groups is 1. The van der Waals surface area contributed by atoms with Gasteiger partial charge >= 0.3 is 0 Å². The van der Waals surface area contributed by atoms with Gasteiger partial charge in [-0.3, -0.25) is 4.79 Å². The van der Waals surface area contributed by atoms with Gasteiger partial charge in [0.05, 0.1) is 12.1 Å². The van der Waals surface area contributed by atoms with Gasteiger partial charge in [-0.15, -0.1) is 0 Å². The first-order valence-corrected chi connectivity index (χ1v) is 5.60. The van der Waals surface area contributed by atoms with E-state index in [-0.39, 0.29) is 11.9 Å². The van der Waals surface area contributed by atoms with Gasteiger partial charge in [-0.05, 0) is 18.9 Å². The lowest BCUT2D eigenvalue weighted by Crippen LogP contribution is -2.29. The maximum Gasteiger partial charge on any atom is 0.220 e. The Morgan fingerprint density at radius 3 is 2.88 bits per heavy atom. The highest BCUT2D eigenvalue weighted by atomic mass is 16.3. The molecule has 3 heteroatoms. The first-order valence-electron chi connectivity index (χ1n) is 5.60. The van der Waals surface area contributed by atoms with Gasteiger partial charge in [0.2, 0.25) is 5.91 Å². The van der Waals surface area contributed by atoms with Crippen molar-refractivity contribution in [3.63, 3.8) is 0 Å². The van der Waals surface area contributed by atoms with E-state index in [0.717, 1.165) is 5.56 Å². The second-order valence-corrected chi connectivity index (χ2v) is 4.49. The molecule has 1 aliphatic heterocycles. The van der Waals surface area contributed by atoms with Crippen molar-refractivity contribution in [1.29, 1.82) is 0 Å². The van der Waals surface area contributed by atoms with Crippen LogP contribution in [0.1, 0.15) is 30.5 Å². The molecule has 1 N–H and O–H groups in total. The Morgan fingerprint density at radius 1 is 1.50 bits per heavy atom. The number of amides is 1. The van der Waals surface area contributed by atoms with Gasteiger partial charge in [0.1, 0.15) is 0 Å². The summed E-state index contributed by atoms with van der Waals surface area (Å²) in [5, 5.41) is 9.66. The van der Waals surface area contributed by atoms with Crippen molar-refractivity contribution in [2.24, 2.45) is 0 Å². The Morgan fingerprint density at radius 2 is 2.25 bits per heavy atom. The number of rotatable bonds is 1. The largest absolute Gasteiger partial charge is 0.391 e. The number of hydrogen-bond acceptors (Lipinski definition) is 2. The van der Waals surface area contributed by atoms with Crippen LogP contribution in [-0.4, -0.2) is 28.6 Å². The fourth-order valence-corrected chi connectivity index (χ4v) is 2.36. The van der Waals surface area contributed by atoms with E-state index in [9.17, 15) is 9.90 Å². The van der Waals surface area contributed by atoms with E-state index >= 15 is 0 Å². The van der Waals surface area contributed by atoms with Crippen molar-refractivity contribution in [2.45, 2.75) is 32.4 Å². The van der Waals surface area contributed by atoms with E-state index in [1.807, 2.05) is 25.1 Å². The molecule has 1 heterocycles. The fraction of sp³-hybridized carbons (Fsp3) is 0.462. The average Bonchev–Trinajstić information content (AvgIpc) is 2.60. The fourth-order valence-electron chi connectivity index (χ4n) is 2.36. The molecule has 1 aliphatic rings. The Bertz CT molecular complexity index is 403. The first-order chi connectivity index (χ1) is 7.58. The summed E-state index contributed by atoms with van der Waals surface area (Å²) in [5.74, 6) is 0.0306. The molecule has 1 amide bonds. The van der Waals surface area contributed by atoms with Gasteiger partial charge < -0.3 is 10.0 Å². The summed E-state index contributed by atoms with van der Waals surface area (Å²) in [5.41, 5.74) is 2.30. The summed E-state index contributed by atoms with van der Waals surface area (Å²) in [4.78, 5) is 13.2. The Balaban J connectivity index is 2.28. The number of β-amino-alcohol motifs (C(OH)–C–C–N with tert-alkyl or cyclic N) is 1. The van der Waals surface area contributed by atoms with Gasteiger partial charge in [-0.25, -0.2) is 0 Å². The highest BCUT2D eigenvalue weighted by Crippen LogP contribution is 2.32. The molecule has 0 radical (unpaired) electrons. The Hall–Kier alpha value is -1.35. The normalized spacial score (nSPS) is 24.8. The van der Waals surface area contributed by atoms with Crippen LogP contribution in [0.5, 0.6) is 0 Å². The van der Waals surface area contributed by atoms with Crippen LogP contribution in [-0.2, 0) is 4.79 Å². The summed E-state index contributed by atoms with van der Waals surface area (Å²) in [7, 11) is 0. The number of hydrogen-bond donors (Lipinski definition) is 1. The molecular weight excluding hydrogens is 202 g/mol. The maximum atomic E-state index is 11.5.